The summed E-state index contributed by atoms with van der Waals surface area (Å²) in [6.07, 6.45) is 2.05. The van der Waals surface area contributed by atoms with Gasteiger partial charge in [-0.15, -0.1) is 23.4 Å². The second kappa shape index (κ2) is 5.99. The number of halogens is 1. The molecule has 0 amide bonds. The number of benzene rings is 2. The van der Waals surface area contributed by atoms with Gasteiger partial charge in [0.2, 0.25) is 0 Å². The largest absolute Gasteiger partial charge is 0.457 e. The summed E-state index contributed by atoms with van der Waals surface area (Å²) < 4.78 is 5.81. The highest BCUT2D eigenvalue weighted by Gasteiger charge is 2.02. The molecule has 0 saturated heterocycles. The van der Waals surface area contributed by atoms with E-state index in [1.807, 2.05) is 48.5 Å². The van der Waals surface area contributed by atoms with E-state index >= 15 is 0 Å². The summed E-state index contributed by atoms with van der Waals surface area (Å²) >= 11 is 7.58. The van der Waals surface area contributed by atoms with E-state index in [4.69, 9.17) is 16.3 Å². The maximum absolute atomic E-state index is 5.86. The molecule has 0 radical (unpaired) electrons. The summed E-state index contributed by atoms with van der Waals surface area (Å²) in [5.41, 5.74) is 1.00. The first-order valence-corrected chi connectivity index (χ1v) is 7.05. The lowest BCUT2D eigenvalue weighted by molar-refractivity contribution is 0.478. The topological polar surface area (TPSA) is 9.23 Å². The monoisotopic (exact) mass is 264 g/mol. The molecule has 2 aromatic rings. The Morgan fingerprint density at radius 3 is 2.41 bits per heavy atom. The Morgan fingerprint density at radius 1 is 1.06 bits per heavy atom. The van der Waals surface area contributed by atoms with Crippen LogP contribution in [0.25, 0.3) is 0 Å². The van der Waals surface area contributed by atoms with Crippen molar-refractivity contribution in [1.82, 2.24) is 0 Å². The first-order chi connectivity index (χ1) is 8.33. The summed E-state index contributed by atoms with van der Waals surface area (Å²) in [6.45, 7) is 0. The van der Waals surface area contributed by atoms with E-state index in [1.54, 1.807) is 11.8 Å². The Hall–Kier alpha value is -1.12. The van der Waals surface area contributed by atoms with Crippen LogP contribution in [0.3, 0.4) is 0 Å². The minimum atomic E-state index is 0.457. The van der Waals surface area contributed by atoms with Gasteiger partial charge in [0, 0.05) is 10.5 Å². The zero-order valence-corrected chi connectivity index (χ0v) is 11.1. The van der Waals surface area contributed by atoms with Crippen molar-refractivity contribution in [2.24, 2.45) is 0 Å². The predicted octanol–water partition coefficient (Wildman–Crippen LogP) is 4.94. The van der Waals surface area contributed by atoms with E-state index in [2.05, 4.69) is 6.26 Å². The lowest BCUT2D eigenvalue weighted by Gasteiger charge is -2.09. The first-order valence-electron chi connectivity index (χ1n) is 5.29. The van der Waals surface area contributed by atoms with Crippen molar-refractivity contribution in [2.45, 2.75) is 10.8 Å². The van der Waals surface area contributed by atoms with Crippen LogP contribution in [0.4, 0.5) is 0 Å². The molecule has 0 spiro atoms. The van der Waals surface area contributed by atoms with Crippen LogP contribution in [0.2, 0.25) is 0 Å². The number of thioether (sulfide) groups is 1. The molecule has 0 unspecified atom stereocenters. The molecule has 0 heterocycles. The van der Waals surface area contributed by atoms with Gasteiger partial charge in [0.25, 0.3) is 0 Å². The van der Waals surface area contributed by atoms with Gasteiger partial charge in [-0.05, 0) is 36.6 Å². The smallest absolute Gasteiger partial charge is 0.131 e. The molecule has 2 aromatic carbocycles. The minimum absolute atomic E-state index is 0.457. The quantitative estimate of drug-likeness (QED) is 0.571. The van der Waals surface area contributed by atoms with Crippen molar-refractivity contribution in [3.8, 4) is 11.5 Å². The molecule has 0 bridgehead atoms. The Labute approximate surface area is 111 Å². The van der Waals surface area contributed by atoms with Crippen molar-refractivity contribution >= 4 is 23.4 Å². The highest BCUT2D eigenvalue weighted by Crippen LogP contribution is 2.27. The van der Waals surface area contributed by atoms with Gasteiger partial charge in [0.05, 0.1) is 5.88 Å². The zero-order chi connectivity index (χ0) is 12.1. The number of ether oxygens (including phenoxy) is 1. The maximum atomic E-state index is 5.86. The molecule has 0 aliphatic heterocycles. The van der Waals surface area contributed by atoms with E-state index in [0.717, 1.165) is 17.1 Å². The summed E-state index contributed by atoms with van der Waals surface area (Å²) in [6, 6.07) is 15.8. The number of rotatable bonds is 4. The van der Waals surface area contributed by atoms with E-state index in [-0.39, 0.29) is 0 Å². The van der Waals surface area contributed by atoms with Gasteiger partial charge in [0.15, 0.2) is 0 Å². The van der Waals surface area contributed by atoms with E-state index in [1.165, 1.54) is 4.90 Å². The summed E-state index contributed by atoms with van der Waals surface area (Å²) in [5, 5.41) is 0. The molecular weight excluding hydrogens is 252 g/mol. The van der Waals surface area contributed by atoms with Crippen molar-refractivity contribution in [1.29, 1.82) is 0 Å². The van der Waals surface area contributed by atoms with Gasteiger partial charge in [-0.2, -0.15) is 0 Å². The normalized spacial score (nSPS) is 10.2. The molecule has 1 nitrogen and oxygen atoms in total. The van der Waals surface area contributed by atoms with Crippen LogP contribution in [0.1, 0.15) is 5.56 Å². The highest BCUT2D eigenvalue weighted by molar-refractivity contribution is 7.98. The lowest BCUT2D eigenvalue weighted by Crippen LogP contribution is -1.88. The standard InChI is InChI=1S/C14H13ClOS/c1-17-13-8-6-12(7-9-13)16-14-5-3-2-4-11(14)10-15/h2-9H,10H2,1H3. The fourth-order valence-electron chi connectivity index (χ4n) is 1.48. The minimum Gasteiger partial charge on any atom is -0.457 e. The molecule has 0 aromatic heterocycles. The highest BCUT2D eigenvalue weighted by atomic mass is 35.5. The molecule has 0 aliphatic carbocycles. The fourth-order valence-corrected chi connectivity index (χ4v) is 2.11. The summed E-state index contributed by atoms with van der Waals surface area (Å²) in [4.78, 5) is 1.22. The molecule has 0 aliphatic rings. The fraction of sp³-hybridized carbons (Fsp3) is 0.143. The molecular formula is C14H13ClOS. The van der Waals surface area contributed by atoms with Crippen LogP contribution in [0.15, 0.2) is 53.4 Å². The van der Waals surface area contributed by atoms with Gasteiger partial charge in [-0.25, -0.2) is 0 Å². The van der Waals surface area contributed by atoms with Gasteiger partial charge in [-0.3, -0.25) is 0 Å². The molecule has 0 saturated carbocycles. The molecule has 2 rings (SSSR count). The second-order valence-electron chi connectivity index (χ2n) is 3.52. The average Bonchev–Trinajstić information content (AvgIpc) is 2.40. The zero-order valence-electron chi connectivity index (χ0n) is 9.52. The lowest BCUT2D eigenvalue weighted by atomic mass is 10.2. The Morgan fingerprint density at radius 2 is 1.76 bits per heavy atom. The Kier molecular flexibility index (Phi) is 4.35. The molecule has 88 valence electrons. The van der Waals surface area contributed by atoms with Gasteiger partial charge < -0.3 is 4.74 Å². The maximum Gasteiger partial charge on any atom is 0.131 e. The molecule has 0 N–H and O–H groups in total. The van der Waals surface area contributed by atoms with Crippen molar-refractivity contribution in [2.75, 3.05) is 6.26 Å². The van der Waals surface area contributed by atoms with Crippen LogP contribution in [0, 0.1) is 0 Å². The van der Waals surface area contributed by atoms with Gasteiger partial charge >= 0.3 is 0 Å². The Bertz CT molecular complexity index is 482. The van der Waals surface area contributed by atoms with E-state index in [0.29, 0.717) is 5.88 Å². The molecule has 0 fully saturated rings. The molecule has 0 atom stereocenters. The van der Waals surface area contributed by atoms with Crippen molar-refractivity contribution in [3.05, 3.63) is 54.1 Å². The van der Waals surface area contributed by atoms with Crippen molar-refractivity contribution < 1.29 is 4.74 Å². The van der Waals surface area contributed by atoms with Crippen LogP contribution in [-0.2, 0) is 5.88 Å². The van der Waals surface area contributed by atoms with Crippen LogP contribution in [0.5, 0.6) is 11.5 Å². The third-order valence-corrected chi connectivity index (χ3v) is 3.44. The van der Waals surface area contributed by atoms with Crippen LogP contribution >= 0.6 is 23.4 Å². The summed E-state index contributed by atoms with van der Waals surface area (Å²) in [5.74, 6) is 2.11. The predicted molar refractivity (Wildman–Crippen MR) is 74.3 cm³/mol. The van der Waals surface area contributed by atoms with E-state index in [9.17, 15) is 0 Å². The number of hydrogen-bond donors (Lipinski definition) is 0. The van der Waals surface area contributed by atoms with Gasteiger partial charge in [-0.1, -0.05) is 18.2 Å². The molecule has 17 heavy (non-hydrogen) atoms. The SMILES string of the molecule is CSc1ccc(Oc2ccccc2CCl)cc1. The third-order valence-electron chi connectivity index (χ3n) is 2.40. The Balaban J connectivity index is 2.19. The number of para-hydroxylation sites is 1. The van der Waals surface area contributed by atoms with E-state index < -0.39 is 0 Å². The second-order valence-corrected chi connectivity index (χ2v) is 4.67. The van der Waals surface area contributed by atoms with Gasteiger partial charge in [0.1, 0.15) is 11.5 Å². The first kappa shape index (κ1) is 12.3. The van der Waals surface area contributed by atoms with Crippen LogP contribution in [-0.4, -0.2) is 6.26 Å². The molecule has 3 heteroatoms. The average molecular weight is 265 g/mol. The number of hydrogen-bond acceptors (Lipinski definition) is 2. The number of alkyl halides is 1. The van der Waals surface area contributed by atoms with Crippen molar-refractivity contribution in [3.63, 3.8) is 0 Å². The van der Waals surface area contributed by atoms with Crippen LogP contribution < -0.4 is 4.74 Å². The summed E-state index contributed by atoms with van der Waals surface area (Å²) in [7, 11) is 0. The third kappa shape index (κ3) is 3.18.